The highest BCUT2D eigenvalue weighted by atomic mass is 32.1. The van der Waals surface area contributed by atoms with Gasteiger partial charge in [-0.2, -0.15) is 5.10 Å². The SMILES string of the molecule is O=C(N/N=C\c1cccs1)C1CC1(c1ccccc1)c1ccccc1. The number of carbonyl (C=O) groups is 1. The molecule has 0 bridgehead atoms. The standard InChI is InChI=1S/C21H18N2OS/c24-20(23-22-15-18-12-7-13-25-18)19-14-21(19,16-8-3-1-4-9-16)17-10-5-2-6-11-17/h1-13,15,19H,14H2,(H,23,24)/b22-15-. The summed E-state index contributed by atoms with van der Waals surface area (Å²) in [7, 11) is 0. The quantitative estimate of drug-likeness (QED) is 0.546. The molecular formula is C21H18N2OS. The van der Waals surface area contributed by atoms with E-state index in [1.807, 2.05) is 53.9 Å². The molecule has 2 aromatic carbocycles. The van der Waals surface area contributed by atoms with E-state index < -0.39 is 0 Å². The second kappa shape index (κ2) is 6.65. The van der Waals surface area contributed by atoms with Crippen molar-refractivity contribution in [2.24, 2.45) is 11.0 Å². The molecule has 3 aromatic rings. The Kier molecular flexibility index (Phi) is 4.20. The smallest absolute Gasteiger partial charge is 0.244 e. The minimum atomic E-state index is -0.245. The van der Waals surface area contributed by atoms with E-state index in [0.717, 1.165) is 11.3 Å². The third-order valence-corrected chi connectivity index (χ3v) is 5.57. The second-order valence-electron chi connectivity index (χ2n) is 6.21. The van der Waals surface area contributed by atoms with Gasteiger partial charge >= 0.3 is 0 Å². The molecule has 124 valence electrons. The van der Waals surface area contributed by atoms with Crippen LogP contribution >= 0.6 is 11.3 Å². The van der Waals surface area contributed by atoms with Crippen LogP contribution in [0, 0.1) is 5.92 Å². The fourth-order valence-corrected chi connectivity index (χ4v) is 4.04. The molecule has 1 aliphatic carbocycles. The van der Waals surface area contributed by atoms with Crippen LogP contribution in [-0.2, 0) is 10.2 Å². The Morgan fingerprint density at radius 1 is 1.00 bits per heavy atom. The minimum absolute atomic E-state index is 0.0273. The van der Waals surface area contributed by atoms with Crippen LogP contribution in [0.2, 0.25) is 0 Å². The predicted molar refractivity (Wildman–Crippen MR) is 102 cm³/mol. The molecule has 0 aliphatic heterocycles. The first-order chi connectivity index (χ1) is 12.3. The molecule has 0 saturated heterocycles. The van der Waals surface area contributed by atoms with Crippen molar-refractivity contribution in [2.45, 2.75) is 11.8 Å². The van der Waals surface area contributed by atoms with Gasteiger partial charge in [-0.1, -0.05) is 66.7 Å². The van der Waals surface area contributed by atoms with Gasteiger partial charge in [0.05, 0.1) is 12.1 Å². The van der Waals surface area contributed by atoms with Crippen LogP contribution in [0.3, 0.4) is 0 Å². The van der Waals surface area contributed by atoms with Gasteiger partial charge in [0.1, 0.15) is 0 Å². The summed E-state index contributed by atoms with van der Waals surface area (Å²) in [6.07, 6.45) is 2.50. The van der Waals surface area contributed by atoms with E-state index in [-0.39, 0.29) is 17.2 Å². The Morgan fingerprint density at radius 2 is 1.64 bits per heavy atom. The van der Waals surface area contributed by atoms with Crippen molar-refractivity contribution in [3.05, 3.63) is 94.2 Å². The maximum atomic E-state index is 12.7. The van der Waals surface area contributed by atoms with Crippen LogP contribution in [0.5, 0.6) is 0 Å². The lowest BCUT2D eigenvalue weighted by molar-refractivity contribution is -0.122. The Morgan fingerprint density at radius 3 is 2.20 bits per heavy atom. The largest absolute Gasteiger partial charge is 0.273 e. The van der Waals surface area contributed by atoms with E-state index in [9.17, 15) is 4.79 Å². The van der Waals surface area contributed by atoms with Gasteiger partial charge in [-0.15, -0.1) is 11.3 Å². The normalized spacial score (nSPS) is 18.2. The lowest BCUT2D eigenvalue weighted by Crippen LogP contribution is -2.25. The van der Waals surface area contributed by atoms with Gasteiger partial charge in [0.15, 0.2) is 0 Å². The lowest BCUT2D eigenvalue weighted by atomic mass is 9.85. The molecule has 25 heavy (non-hydrogen) atoms. The van der Waals surface area contributed by atoms with E-state index in [0.29, 0.717) is 0 Å². The zero-order valence-corrected chi connectivity index (χ0v) is 14.4. The number of amides is 1. The first kappa shape index (κ1) is 15.8. The van der Waals surface area contributed by atoms with Crippen molar-refractivity contribution in [2.75, 3.05) is 0 Å². The fraction of sp³-hybridized carbons (Fsp3) is 0.143. The lowest BCUT2D eigenvalue weighted by Gasteiger charge is -2.18. The number of nitrogens with zero attached hydrogens (tertiary/aromatic N) is 1. The van der Waals surface area contributed by atoms with Crippen LogP contribution in [0.15, 0.2) is 83.3 Å². The summed E-state index contributed by atoms with van der Waals surface area (Å²) in [5.74, 6) is -0.127. The predicted octanol–water partition coefficient (Wildman–Crippen LogP) is 4.20. The third kappa shape index (κ3) is 3.01. The van der Waals surface area contributed by atoms with Crippen molar-refractivity contribution in [3.63, 3.8) is 0 Å². The highest BCUT2D eigenvalue weighted by Gasteiger charge is 2.60. The van der Waals surface area contributed by atoms with E-state index in [1.165, 1.54) is 11.1 Å². The Balaban J connectivity index is 1.57. The number of hydrogen-bond acceptors (Lipinski definition) is 3. The monoisotopic (exact) mass is 346 g/mol. The van der Waals surface area contributed by atoms with Crippen LogP contribution in [-0.4, -0.2) is 12.1 Å². The van der Waals surface area contributed by atoms with Gasteiger partial charge in [-0.25, -0.2) is 5.43 Å². The molecular weight excluding hydrogens is 328 g/mol. The second-order valence-corrected chi connectivity index (χ2v) is 7.19. The highest BCUT2D eigenvalue weighted by molar-refractivity contribution is 7.11. The zero-order chi connectivity index (χ0) is 17.1. The maximum absolute atomic E-state index is 12.7. The minimum Gasteiger partial charge on any atom is -0.273 e. The van der Waals surface area contributed by atoms with Gasteiger partial charge in [0, 0.05) is 10.3 Å². The number of rotatable bonds is 5. The average molecular weight is 346 g/mol. The maximum Gasteiger partial charge on any atom is 0.244 e. The number of hydrogen-bond donors (Lipinski definition) is 1. The van der Waals surface area contributed by atoms with Crippen LogP contribution in [0.1, 0.15) is 22.4 Å². The molecule has 1 aromatic heterocycles. The summed E-state index contributed by atoms with van der Waals surface area (Å²) in [4.78, 5) is 13.7. The molecule has 0 spiro atoms. The van der Waals surface area contributed by atoms with Gasteiger partial charge < -0.3 is 0 Å². The van der Waals surface area contributed by atoms with Gasteiger partial charge in [-0.05, 0) is 29.0 Å². The van der Waals surface area contributed by atoms with E-state index in [1.54, 1.807) is 17.6 Å². The molecule has 1 atom stereocenters. The molecule has 4 rings (SSSR count). The topological polar surface area (TPSA) is 41.5 Å². The first-order valence-corrected chi connectivity index (χ1v) is 9.16. The first-order valence-electron chi connectivity index (χ1n) is 8.28. The Labute approximate surface area is 151 Å². The summed E-state index contributed by atoms with van der Waals surface area (Å²) in [6, 6.07) is 24.5. The van der Waals surface area contributed by atoms with Crippen molar-refractivity contribution in [1.82, 2.24) is 5.43 Å². The molecule has 0 radical (unpaired) electrons. The van der Waals surface area contributed by atoms with Gasteiger partial charge in [0.25, 0.3) is 0 Å². The summed E-state index contributed by atoms with van der Waals surface area (Å²) in [6.45, 7) is 0. The molecule has 1 heterocycles. The fourth-order valence-electron chi connectivity index (χ4n) is 3.46. The molecule has 4 heteroatoms. The van der Waals surface area contributed by atoms with Crippen molar-refractivity contribution in [1.29, 1.82) is 0 Å². The number of hydrazone groups is 1. The van der Waals surface area contributed by atoms with Gasteiger partial charge in [0.2, 0.25) is 5.91 Å². The van der Waals surface area contributed by atoms with E-state index in [4.69, 9.17) is 0 Å². The zero-order valence-electron chi connectivity index (χ0n) is 13.6. The van der Waals surface area contributed by atoms with Crippen molar-refractivity contribution < 1.29 is 4.79 Å². The van der Waals surface area contributed by atoms with Crippen molar-refractivity contribution in [3.8, 4) is 0 Å². The van der Waals surface area contributed by atoms with Gasteiger partial charge in [-0.3, -0.25) is 4.79 Å². The number of nitrogens with one attached hydrogen (secondary N) is 1. The van der Waals surface area contributed by atoms with E-state index >= 15 is 0 Å². The molecule has 1 aliphatic rings. The summed E-state index contributed by atoms with van der Waals surface area (Å²) < 4.78 is 0. The van der Waals surface area contributed by atoms with Crippen LogP contribution < -0.4 is 5.43 Å². The molecule has 3 nitrogen and oxygen atoms in total. The summed E-state index contributed by atoms with van der Waals surface area (Å²) in [5, 5.41) is 6.10. The average Bonchev–Trinajstić information content (AvgIpc) is 3.23. The number of benzene rings is 2. The Bertz CT molecular complexity index is 833. The number of thiophene rings is 1. The van der Waals surface area contributed by atoms with Crippen LogP contribution in [0.25, 0.3) is 0 Å². The highest BCUT2D eigenvalue weighted by Crippen LogP contribution is 2.58. The van der Waals surface area contributed by atoms with E-state index in [2.05, 4.69) is 34.8 Å². The van der Waals surface area contributed by atoms with Crippen molar-refractivity contribution >= 4 is 23.5 Å². The summed E-state index contributed by atoms with van der Waals surface area (Å²) >= 11 is 1.59. The third-order valence-electron chi connectivity index (χ3n) is 4.76. The molecule has 1 fully saturated rings. The molecule has 1 unspecified atom stereocenters. The molecule has 1 saturated carbocycles. The number of carbonyl (C=O) groups excluding carboxylic acids is 1. The molecule has 1 amide bonds. The summed E-state index contributed by atoms with van der Waals surface area (Å²) in [5.41, 5.74) is 4.84. The molecule has 1 N–H and O–H groups in total. The Hall–Kier alpha value is -2.72. The van der Waals surface area contributed by atoms with Crippen LogP contribution in [0.4, 0.5) is 0 Å².